The first kappa shape index (κ1) is 16.6. The first-order valence-electron chi connectivity index (χ1n) is 7.28. The molecule has 2 heterocycles. The zero-order valence-corrected chi connectivity index (χ0v) is 13.0. The fourth-order valence-electron chi connectivity index (χ4n) is 2.61. The molecule has 0 unspecified atom stereocenters. The van der Waals surface area contributed by atoms with E-state index in [1.54, 1.807) is 0 Å². The van der Waals surface area contributed by atoms with Crippen LogP contribution in [0.2, 0.25) is 0 Å². The molecule has 2 aliphatic rings. The average Bonchev–Trinajstić information content (AvgIpc) is 2.52. The number of carbonyl (C=O) groups is 2. The molecule has 2 amide bonds. The van der Waals surface area contributed by atoms with Crippen LogP contribution >= 0.6 is 12.4 Å². The highest BCUT2D eigenvalue weighted by Gasteiger charge is 2.28. The maximum atomic E-state index is 11.7. The predicted molar refractivity (Wildman–Crippen MR) is 85.6 cm³/mol. The van der Waals surface area contributed by atoms with Crippen molar-refractivity contribution in [1.82, 2.24) is 10.6 Å². The lowest BCUT2D eigenvalue weighted by molar-refractivity contribution is -0.138. The van der Waals surface area contributed by atoms with Crippen molar-refractivity contribution in [2.45, 2.75) is 18.9 Å². The molecule has 1 atom stereocenters. The van der Waals surface area contributed by atoms with Gasteiger partial charge in [-0.2, -0.15) is 0 Å². The van der Waals surface area contributed by atoms with Crippen LogP contribution in [0.15, 0.2) is 24.3 Å². The number of nitrogens with one attached hydrogen (secondary N) is 2. The van der Waals surface area contributed by atoms with Crippen LogP contribution in [0.25, 0.3) is 0 Å². The fourth-order valence-corrected chi connectivity index (χ4v) is 2.61. The third kappa shape index (κ3) is 3.90. The van der Waals surface area contributed by atoms with Gasteiger partial charge in [0.2, 0.25) is 5.91 Å². The van der Waals surface area contributed by atoms with Gasteiger partial charge >= 0.3 is 0 Å². The molecule has 0 bridgehead atoms. The molecule has 6 nitrogen and oxygen atoms in total. The van der Waals surface area contributed by atoms with Gasteiger partial charge in [0.15, 0.2) is 6.10 Å². The lowest BCUT2D eigenvalue weighted by Crippen LogP contribution is -2.46. The lowest BCUT2D eigenvalue weighted by atomic mass is 10.1. The third-order valence-electron chi connectivity index (χ3n) is 3.79. The second-order valence-electron chi connectivity index (χ2n) is 5.29. The first-order chi connectivity index (χ1) is 10.2. The summed E-state index contributed by atoms with van der Waals surface area (Å²) in [6.45, 7) is 3.98. The van der Waals surface area contributed by atoms with Crippen LogP contribution in [-0.2, 0) is 9.59 Å². The number of piperazine rings is 1. The summed E-state index contributed by atoms with van der Waals surface area (Å²) in [5.74, 6) is 0.0784. The van der Waals surface area contributed by atoms with Crippen molar-refractivity contribution in [3.05, 3.63) is 24.3 Å². The number of carbonyl (C=O) groups excluding carboxylic acids is 2. The van der Waals surface area contributed by atoms with Gasteiger partial charge in [-0.3, -0.25) is 14.9 Å². The zero-order valence-electron chi connectivity index (χ0n) is 12.2. The van der Waals surface area contributed by atoms with Crippen molar-refractivity contribution in [1.29, 1.82) is 0 Å². The molecule has 0 aliphatic carbocycles. The zero-order chi connectivity index (χ0) is 14.7. The third-order valence-corrected chi connectivity index (χ3v) is 3.79. The summed E-state index contributed by atoms with van der Waals surface area (Å²) in [7, 11) is 0. The van der Waals surface area contributed by atoms with Gasteiger partial charge in [-0.1, -0.05) is 0 Å². The highest BCUT2D eigenvalue weighted by Crippen LogP contribution is 2.22. The van der Waals surface area contributed by atoms with E-state index in [1.165, 1.54) is 0 Å². The van der Waals surface area contributed by atoms with E-state index in [0.717, 1.165) is 31.9 Å². The molecule has 2 aliphatic heterocycles. The van der Waals surface area contributed by atoms with Crippen molar-refractivity contribution in [3.8, 4) is 5.75 Å². The molecule has 0 radical (unpaired) electrons. The first-order valence-corrected chi connectivity index (χ1v) is 7.28. The van der Waals surface area contributed by atoms with Gasteiger partial charge in [0.25, 0.3) is 5.91 Å². The number of rotatable bonds is 3. The summed E-state index contributed by atoms with van der Waals surface area (Å²) >= 11 is 0. The Morgan fingerprint density at radius 1 is 1.09 bits per heavy atom. The summed E-state index contributed by atoms with van der Waals surface area (Å²) in [6.07, 6.45) is 0.187. The van der Waals surface area contributed by atoms with Crippen LogP contribution in [0.4, 0.5) is 5.69 Å². The monoisotopic (exact) mass is 325 g/mol. The van der Waals surface area contributed by atoms with Crippen LogP contribution in [0.5, 0.6) is 5.75 Å². The van der Waals surface area contributed by atoms with E-state index >= 15 is 0 Å². The number of nitrogens with zero attached hydrogens (tertiary/aromatic N) is 1. The number of piperidine rings is 1. The van der Waals surface area contributed by atoms with Gasteiger partial charge in [0.05, 0.1) is 0 Å². The minimum atomic E-state index is -0.576. The number of ether oxygens (including phenoxy) is 1. The van der Waals surface area contributed by atoms with Gasteiger partial charge in [-0.05, 0) is 24.3 Å². The van der Waals surface area contributed by atoms with E-state index in [9.17, 15) is 9.59 Å². The molecule has 2 N–H and O–H groups in total. The van der Waals surface area contributed by atoms with Gasteiger partial charge in [0, 0.05) is 44.7 Å². The number of imide groups is 1. The van der Waals surface area contributed by atoms with Crippen LogP contribution in [0.1, 0.15) is 12.8 Å². The number of benzene rings is 1. The van der Waals surface area contributed by atoms with Gasteiger partial charge < -0.3 is 15.0 Å². The number of hydrogen-bond acceptors (Lipinski definition) is 5. The Kier molecular flexibility index (Phi) is 5.63. The smallest absolute Gasteiger partial charge is 0.267 e. The van der Waals surface area contributed by atoms with Crippen LogP contribution in [0, 0.1) is 0 Å². The fraction of sp³-hybridized carbons (Fsp3) is 0.467. The van der Waals surface area contributed by atoms with E-state index in [1.807, 2.05) is 24.3 Å². The topological polar surface area (TPSA) is 70.7 Å². The molecular weight excluding hydrogens is 306 g/mol. The largest absolute Gasteiger partial charge is 0.481 e. The van der Waals surface area contributed by atoms with E-state index in [-0.39, 0.29) is 24.2 Å². The maximum absolute atomic E-state index is 11.7. The van der Waals surface area contributed by atoms with E-state index in [4.69, 9.17) is 4.74 Å². The van der Waals surface area contributed by atoms with Crippen molar-refractivity contribution in [2.75, 3.05) is 31.1 Å². The molecule has 2 fully saturated rings. The Hall–Kier alpha value is -1.79. The summed E-state index contributed by atoms with van der Waals surface area (Å²) in [4.78, 5) is 25.1. The van der Waals surface area contributed by atoms with E-state index < -0.39 is 6.10 Å². The predicted octanol–water partition coefficient (Wildman–Crippen LogP) is 0.702. The maximum Gasteiger partial charge on any atom is 0.267 e. The summed E-state index contributed by atoms with van der Waals surface area (Å²) in [5, 5.41) is 5.61. The molecule has 120 valence electrons. The Morgan fingerprint density at radius 3 is 2.41 bits per heavy atom. The Balaban J connectivity index is 0.00000176. The lowest BCUT2D eigenvalue weighted by Gasteiger charge is -2.29. The molecule has 1 aromatic rings. The minimum Gasteiger partial charge on any atom is -0.481 e. The van der Waals surface area contributed by atoms with Crippen LogP contribution in [0.3, 0.4) is 0 Å². The highest BCUT2D eigenvalue weighted by molar-refractivity contribution is 5.99. The van der Waals surface area contributed by atoms with Crippen molar-refractivity contribution in [3.63, 3.8) is 0 Å². The van der Waals surface area contributed by atoms with Crippen molar-refractivity contribution >= 4 is 29.9 Å². The van der Waals surface area contributed by atoms with Gasteiger partial charge in [-0.25, -0.2) is 0 Å². The average molecular weight is 326 g/mol. The number of hydrogen-bond donors (Lipinski definition) is 2. The van der Waals surface area contributed by atoms with E-state index in [0.29, 0.717) is 18.6 Å². The Bertz CT molecular complexity index is 529. The minimum absolute atomic E-state index is 0. The molecular formula is C15H20ClN3O3. The quantitative estimate of drug-likeness (QED) is 0.801. The second-order valence-corrected chi connectivity index (χ2v) is 5.29. The van der Waals surface area contributed by atoms with Crippen molar-refractivity contribution < 1.29 is 14.3 Å². The van der Waals surface area contributed by atoms with E-state index in [2.05, 4.69) is 15.5 Å². The van der Waals surface area contributed by atoms with Crippen LogP contribution in [-0.4, -0.2) is 44.1 Å². The molecule has 7 heteroatoms. The molecule has 2 saturated heterocycles. The standard InChI is InChI=1S/C15H19N3O3.ClH/c19-14-6-5-13(15(20)17-14)21-12-3-1-11(2-4-12)18-9-7-16-8-10-18;/h1-4,13,16H,5-10H2,(H,17,19,20);1H/t13-;/m1./s1. The molecule has 1 aromatic carbocycles. The molecule has 3 rings (SSSR count). The van der Waals surface area contributed by atoms with Crippen LogP contribution < -0.4 is 20.3 Å². The SMILES string of the molecule is Cl.O=C1CC[C@@H](Oc2ccc(N3CCNCC3)cc2)C(=O)N1. The normalized spacial score (nSPS) is 21.8. The Labute approximate surface area is 135 Å². The summed E-state index contributed by atoms with van der Waals surface area (Å²) in [6, 6.07) is 7.77. The van der Waals surface area contributed by atoms with Gasteiger partial charge in [0.1, 0.15) is 5.75 Å². The number of halogens is 1. The molecule has 0 spiro atoms. The number of anilines is 1. The van der Waals surface area contributed by atoms with Gasteiger partial charge in [-0.15, -0.1) is 12.4 Å². The molecule has 0 aromatic heterocycles. The molecule has 22 heavy (non-hydrogen) atoms. The molecule has 0 saturated carbocycles. The Morgan fingerprint density at radius 2 is 1.77 bits per heavy atom. The highest BCUT2D eigenvalue weighted by atomic mass is 35.5. The summed E-state index contributed by atoms with van der Waals surface area (Å²) < 4.78 is 5.66. The van der Waals surface area contributed by atoms with Crippen molar-refractivity contribution in [2.24, 2.45) is 0 Å². The summed E-state index contributed by atoms with van der Waals surface area (Å²) in [5.41, 5.74) is 1.16. The number of amides is 2. The second kappa shape index (κ2) is 7.47.